The fourth-order valence-corrected chi connectivity index (χ4v) is 0. The summed E-state index contributed by atoms with van der Waals surface area (Å²) in [5.41, 5.74) is 0. The van der Waals surface area contributed by atoms with Gasteiger partial charge in [-0.15, -0.1) is 0 Å². The van der Waals surface area contributed by atoms with Crippen molar-refractivity contribution < 1.29 is 9.90 Å². The van der Waals surface area contributed by atoms with Crippen molar-refractivity contribution in [3.05, 3.63) is 0 Å². The fraction of sp³-hybridized carbons (Fsp3) is 0. The van der Waals surface area contributed by atoms with E-state index in [2.05, 4.69) is 0 Å². The summed E-state index contributed by atoms with van der Waals surface area (Å²) in [6.07, 6.45) is -0.863. The normalized spacial score (nSPS) is 7.67. The molecule has 0 radical (unpaired) electrons. The van der Waals surface area contributed by atoms with Crippen LogP contribution in [0.5, 0.6) is 0 Å². The molecule has 0 aliphatic rings. The Morgan fingerprint density at radius 3 is 1.83 bits per heavy atom. The number of hydrogen-bond acceptors (Lipinski definition) is 1. The van der Waals surface area contributed by atoms with Crippen molar-refractivity contribution >= 4 is 51.2 Å². The first-order valence-electron chi connectivity index (χ1n) is 1.05. The van der Waals surface area contributed by atoms with Crippen molar-refractivity contribution in [1.82, 2.24) is 1.40 Å². The molecule has 3 nitrogen and oxygen atoms in total. The van der Waals surface area contributed by atoms with E-state index in [9.17, 15) is 4.79 Å². The third-order valence-corrected chi connectivity index (χ3v) is 1.15. The first kappa shape index (κ1) is 6.85. The first-order valence-corrected chi connectivity index (χ1v) is 3.33. The van der Waals surface area contributed by atoms with Crippen molar-refractivity contribution in [2.75, 3.05) is 0 Å². The SMILES string of the molecule is O=C(O)N([TeH])[TeH]. The zero-order valence-corrected chi connectivity index (χ0v) is 7.80. The number of amides is 1. The molecule has 0 bridgehead atoms. The molecule has 0 spiro atoms. The van der Waals surface area contributed by atoms with Crippen molar-refractivity contribution in [3.63, 3.8) is 0 Å². The number of nitrogens with zero attached hydrogens (tertiary/aromatic N) is 1. The van der Waals surface area contributed by atoms with Gasteiger partial charge in [-0.25, -0.2) is 0 Å². The van der Waals surface area contributed by atoms with E-state index in [1.54, 1.807) is 0 Å². The molecule has 0 fully saturated rings. The van der Waals surface area contributed by atoms with Gasteiger partial charge < -0.3 is 0 Å². The van der Waals surface area contributed by atoms with Gasteiger partial charge in [-0.1, -0.05) is 0 Å². The second-order valence-corrected chi connectivity index (χ2v) is 5.65. The second-order valence-electron chi connectivity index (χ2n) is 0.572. The molecule has 1 N–H and O–H groups in total. The second kappa shape index (κ2) is 2.93. The van der Waals surface area contributed by atoms with Gasteiger partial charge in [0.1, 0.15) is 0 Å². The minimum atomic E-state index is -0.863. The van der Waals surface area contributed by atoms with E-state index in [1.807, 2.05) is 0 Å². The van der Waals surface area contributed by atoms with Crippen LogP contribution >= 0.6 is 0 Å². The maximum atomic E-state index is 9.65. The monoisotopic (exact) mass is 321 g/mol. The molecule has 0 heterocycles. The summed E-state index contributed by atoms with van der Waals surface area (Å²) >= 11 is 2.35. The molecule has 0 rings (SSSR count). The predicted molar refractivity (Wildman–Crippen MR) is 24.2 cm³/mol. The summed E-state index contributed by atoms with van der Waals surface area (Å²) in [5.74, 6) is 0. The zero-order valence-electron chi connectivity index (χ0n) is 2.70. The molecular weight excluding hydrogens is 313 g/mol. The van der Waals surface area contributed by atoms with Crippen LogP contribution in [-0.2, 0) is 0 Å². The molecule has 0 aliphatic heterocycles. The van der Waals surface area contributed by atoms with E-state index < -0.39 is 6.09 Å². The van der Waals surface area contributed by atoms with Gasteiger partial charge in [0.25, 0.3) is 0 Å². The van der Waals surface area contributed by atoms with E-state index in [0.29, 0.717) is 0 Å². The topological polar surface area (TPSA) is 40.5 Å². The van der Waals surface area contributed by atoms with Crippen molar-refractivity contribution in [1.29, 1.82) is 0 Å². The summed E-state index contributed by atoms with van der Waals surface area (Å²) in [6.45, 7) is 0. The van der Waals surface area contributed by atoms with Gasteiger partial charge in [-0.05, 0) is 0 Å². The molecule has 0 aliphatic carbocycles. The van der Waals surface area contributed by atoms with Crippen LogP contribution < -0.4 is 0 Å². The van der Waals surface area contributed by atoms with Crippen LogP contribution in [0.2, 0.25) is 0 Å². The molecule has 36 valence electrons. The maximum absolute atomic E-state index is 9.65. The molecule has 5 heteroatoms. The van der Waals surface area contributed by atoms with Crippen LogP contribution in [-0.4, -0.2) is 57.7 Å². The summed E-state index contributed by atoms with van der Waals surface area (Å²) in [5, 5.41) is 7.94. The third-order valence-electron chi connectivity index (χ3n) is 0.171. The van der Waals surface area contributed by atoms with Crippen LogP contribution in [0.25, 0.3) is 0 Å². The Labute approximate surface area is 62.2 Å². The van der Waals surface area contributed by atoms with Gasteiger partial charge >= 0.3 is 62.5 Å². The molecule has 0 aromatic carbocycles. The summed E-state index contributed by atoms with van der Waals surface area (Å²) in [6, 6.07) is 0. The molecule has 6 heavy (non-hydrogen) atoms. The van der Waals surface area contributed by atoms with E-state index >= 15 is 0 Å². The van der Waals surface area contributed by atoms with E-state index in [4.69, 9.17) is 5.11 Å². The van der Waals surface area contributed by atoms with Crippen LogP contribution in [0.1, 0.15) is 0 Å². The van der Waals surface area contributed by atoms with Crippen LogP contribution in [0.4, 0.5) is 4.79 Å². The fourth-order valence-electron chi connectivity index (χ4n) is 0. The molecular formula is CH3NO2Te2. The molecule has 0 aromatic heterocycles. The Kier molecular flexibility index (Phi) is 3.35. The first-order chi connectivity index (χ1) is 2.64. The van der Waals surface area contributed by atoms with Gasteiger partial charge in [0.15, 0.2) is 0 Å². The third kappa shape index (κ3) is 3.06. The standard InChI is InChI=1S/CH3NO2Te2/c3-1(4)2(5)6/h5-6H,(H,3,4). The Morgan fingerprint density at radius 2 is 1.83 bits per heavy atom. The number of rotatable bonds is 0. The minimum absolute atomic E-state index is 0.863. The van der Waals surface area contributed by atoms with Crippen LogP contribution in [0.15, 0.2) is 0 Å². The number of carboxylic acid groups (broad SMARTS) is 1. The summed E-state index contributed by atoms with van der Waals surface area (Å²) in [7, 11) is 0. The van der Waals surface area contributed by atoms with Crippen molar-refractivity contribution in [2.24, 2.45) is 0 Å². The Bertz CT molecular complexity index is 62.6. The Balaban J connectivity index is 3.26. The molecule has 0 saturated carbocycles. The van der Waals surface area contributed by atoms with Gasteiger partial charge in [0.05, 0.1) is 0 Å². The van der Waals surface area contributed by atoms with E-state index in [0.717, 1.165) is 0 Å². The van der Waals surface area contributed by atoms with Crippen LogP contribution in [0.3, 0.4) is 0 Å². The van der Waals surface area contributed by atoms with E-state index in [1.165, 1.54) is 46.5 Å². The average molecular weight is 316 g/mol. The van der Waals surface area contributed by atoms with Crippen molar-refractivity contribution in [2.45, 2.75) is 0 Å². The van der Waals surface area contributed by atoms with Crippen LogP contribution in [0, 0.1) is 0 Å². The Hall–Kier alpha value is 0.849. The molecule has 1 amide bonds. The van der Waals surface area contributed by atoms with Gasteiger partial charge in [-0.2, -0.15) is 0 Å². The zero-order chi connectivity index (χ0) is 5.15. The molecule has 0 atom stereocenters. The van der Waals surface area contributed by atoms with Gasteiger partial charge in [0, 0.05) is 0 Å². The molecule has 0 aromatic rings. The average Bonchev–Trinajstić information content (AvgIpc) is 1.36. The van der Waals surface area contributed by atoms with Gasteiger partial charge in [-0.3, -0.25) is 0 Å². The predicted octanol–water partition coefficient (Wildman–Crippen LogP) is -1.40. The molecule has 0 unspecified atom stereocenters. The number of hydrogen-bond donors (Lipinski definition) is 1. The summed E-state index contributed by atoms with van der Waals surface area (Å²) < 4.78 is 1.18. The number of carbonyl (C=O) groups is 1. The summed E-state index contributed by atoms with van der Waals surface area (Å²) in [4.78, 5) is 9.65. The van der Waals surface area contributed by atoms with Gasteiger partial charge in [0.2, 0.25) is 0 Å². The Morgan fingerprint density at radius 1 is 1.67 bits per heavy atom. The quantitative estimate of drug-likeness (QED) is 0.559. The van der Waals surface area contributed by atoms with E-state index in [-0.39, 0.29) is 0 Å². The van der Waals surface area contributed by atoms with Crippen molar-refractivity contribution in [3.8, 4) is 0 Å². The molecule has 0 saturated heterocycles.